The number of hydrogen-bond acceptors (Lipinski definition) is 3. The molecule has 3 N–H and O–H groups in total. The summed E-state index contributed by atoms with van der Waals surface area (Å²) in [5.41, 5.74) is 5.82. The van der Waals surface area contributed by atoms with E-state index in [4.69, 9.17) is 10.5 Å². The second kappa shape index (κ2) is 6.73. The Morgan fingerprint density at radius 3 is 2.78 bits per heavy atom. The molecule has 2 aliphatic rings. The van der Waals surface area contributed by atoms with E-state index in [1.165, 1.54) is 6.42 Å². The van der Waals surface area contributed by atoms with Crippen LogP contribution in [0.5, 0.6) is 0 Å². The average molecular weight is 277 g/mol. The highest BCUT2D eigenvalue weighted by Gasteiger charge is 2.31. The van der Waals surface area contributed by atoms with Crippen LogP contribution in [0.15, 0.2) is 0 Å². The Kier molecular flexibility index (Phi) is 5.89. The summed E-state index contributed by atoms with van der Waals surface area (Å²) in [6.07, 6.45) is 6.05. The molecule has 5 heteroatoms. The molecular formula is C13H25ClN2O2. The van der Waals surface area contributed by atoms with Crippen molar-refractivity contribution in [1.82, 2.24) is 5.32 Å². The van der Waals surface area contributed by atoms with E-state index in [9.17, 15) is 4.79 Å². The Hall–Kier alpha value is -0.320. The molecule has 4 nitrogen and oxygen atoms in total. The fourth-order valence-corrected chi connectivity index (χ4v) is 2.89. The van der Waals surface area contributed by atoms with E-state index < -0.39 is 0 Å². The minimum absolute atomic E-state index is 0. The molecule has 0 spiro atoms. The largest absolute Gasteiger partial charge is 0.373 e. The van der Waals surface area contributed by atoms with Crippen LogP contribution in [0.1, 0.15) is 45.4 Å². The van der Waals surface area contributed by atoms with Crippen LogP contribution in [0.25, 0.3) is 0 Å². The molecule has 0 bridgehead atoms. The molecule has 3 atom stereocenters. The van der Waals surface area contributed by atoms with Crippen LogP contribution in [0.3, 0.4) is 0 Å². The van der Waals surface area contributed by atoms with E-state index in [1.807, 2.05) is 0 Å². The number of ether oxygens (including phenoxy) is 1. The van der Waals surface area contributed by atoms with Gasteiger partial charge in [0, 0.05) is 25.6 Å². The molecule has 1 amide bonds. The number of carbonyl (C=O) groups excluding carboxylic acids is 1. The molecule has 0 radical (unpaired) electrons. The number of rotatable bonds is 4. The van der Waals surface area contributed by atoms with Gasteiger partial charge in [0.05, 0.1) is 5.60 Å². The summed E-state index contributed by atoms with van der Waals surface area (Å²) in [5.74, 6) is 0.511. The lowest BCUT2D eigenvalue weighted by atomic mass is 9.99. The molecule has 1 saturated carbocycles. The lowest BCUT2D eigenvalue weighted by Gasteiger charge is -2.24. The molecule has 1 aliphatic carbocycles. The van der Waals surface area contributed by atoms with Gasteiger partial charge in [0.25, 0.3) is 0 Å². The van der Waals surface area contributed by atoms with E-state index in [0.29, 0.717) is 18.9 Å². The first-order valence-corrected chi connectivity index (χ1v) is 6.75. The summed E-state index contributed by atoms with van der Waals surface area (Å²) >= 11 is 0. The summed E-state index contributed by atoms with van der Waals surface area (Å²) in [6.45, 7) is 3.52. The van der Waals surface area contributed by atoms with Crippen LogP contribution in [0, 0.1) is 5.92 Å². The highest BCUT2D eigenvalue weighted by atomic mass is 35.5. The van der Waals surface area contributed by atoms with Gasteiger partial charge in [0.2, 0.25) is 5.91 Å². The summed E-state index contributed by atoms with van der Waals surface area (Å²) in [4.78, 5) is 11.8. The zero-order valence-electron chi connectivity index (χ0n) is 11.1. The molecule has 1 unspecified atom stereocenters. The van der Waals surface area contributed by atoms with Crippen molar-refractivity contribution in [3.63, 3.8) is 0 Å². The topological polar surface area (TPSA) is 64.4 Å². The molecule has 0 aromatic heterocycles. The van der Waals surface area contributed by atoms with Gasteiger partial charge in [-0.05, 0) is 38.5 Å². The average Bonchev–Trinajstić information content (AvgIpc) is 2.87. The van der Waals surface area contributed by atoms with Gasteiger partial charge in [-0.15, -0.1) is 12.4 Å². The fourth-order valence-electron chi connectivity index (χ4n) is 2.89. The molecular weight excluding hydrogens is 252 g/mol. The van der Waals surface area contributed by atoms with Gasteiger partial charge < -0.3 is 15.8 Å². The zero-order chi connectivity index (χ0) is 12.3. The minimum atomic E-state index is -0.145. The second-order valence-electron chi connectivity index (χ2n) is 5.74. The molecule has 1 heterocycles. The van der Waals surface area contributed by atoms with Gasteiger partial charge in [0.15, 0.2) is 0 Å². The van der Waals surface area contributed by atoms with Crippen LogP contribution in [-0.2, 0) is 9.53 Å². The quantitative estimate of drug-likeness (QED) is 0.820. The minimum Gasteiger partial charge on any atom is -0.373 e. The number of carbonyl (C=O) groups is 1. The lowest BCUT2D eigenvalue weighted by molar-refractivity contribution is -0.123. The third kappa shape index (κ3) is 4.11. The van der Waals surface area contributed by atoms with Crippen LogP contribution in [0.4, 0.5) is 0 Å². The SMILES string of the molecule is CC1(CNC(=O)C[C@@H]2CCC[C@H]2N)CCCO1.Cl. The van der Waals surface area contributed by atoms with E-state index in [0.717, 1.165) is 32.3 Å². The number of nitrogens with one attached hydrogen (secondary N) is 1. The Morgan fingerprint density at radius 1 is 1.44 bits per heavy atom. The summed E-state index contributed by atoms with van der Waals surface area (Å²) < 4.78 is 5.64. The van der Waals surface area contributed by atoms with Crippen molar-refractivity contribution in [2.45, 2.75) is 57.1 Å². The van der Waals surface area contributed by atoms with Gasteiger partial charge >= 0.3 is 0 Å². The van der Waals surface area contributed by atoms with Crippen molar-refractivity contribution in [3.8, 4) is 0 Å². The number of halogens is 1. The van der Waals surface area contributed by atoms with Crippen molar-refractivity contribution in [3.05, 3.63) is 0 Å². The van der Waals surface area contributed by atoms with E-state index in [1.54, 1.807) is 0 Å². The van der Waals surface area contributed by atoms with Crippen molar-refractivity contribution >= 4 is 18.3 Å². The monoisotopic (exact) mass is 276 g/mol. The van der Waals surface area contributed by atoms with Gasteiger partial charge in [-0.2, -0.15) is 0 Å². The fraction of sp³-hybridized carbons (Fsp3) is 0.923. The molecule has 1 saturated heterocycles. The first kappa shape index (κ1) is 15.7. The van der Waals surface area contributed by atoms with Crippen molar-refractivity contribution in [1.29, 1.82) is 0 Å². The van der Waals surface area contributed by atoms with E-state index >= 15 is 0 Å². The summed E-state index contributed by atoms with van der Waals surface area (Å²) in [6, 6.07) is 0.221. The maximum atomic E-state index is 11.8. The number of nitrogens with two attached hydrogens (primary N) is 1. The van der Waals surface area contributed by atoms with Crippen LogP contribution >= 0.6 is 12.4 Å². The van der Waals surface area contributed by atoms with Gasteiger partial charge in [-0.3, -0.25) is 4.79 Å². The Balaban J connectivity index is 0.00000162. The number of amides is 1. The van der Waals surface area contributed by atoms with Gasteiger partial charge in [0.1, 0.15) is 0 Å². The molecule has 2 fully saturated rings. The second-order valence-corrected chi connectivity index (χ2v) is 5.74. The van der Waals surface area contributed by atoms with Gasteiger partial charge in [-0.25, -0.2) is 0 Å². The summed E-state index contributed by atoms with van der Waals surface area (Å²) in [7, 11) is 0. The van der Waals surface area contributed by atoms with Crippen molar-refractivity contribution < 1.29 is 9.53 Å². The molecule has 106 valence electrons. The third-order valence-electron chi connectivity index (χ3n) is 4.13. The molecule has 2 rings (SSSR count). The van der Waals surface area contributed by atoms with E-state index in [-0.39, 0.29) is 30.0 Å². The summed E-state index contributed by atoms with van der Waals surface area (Å²) in [5, 5.41) is 2.99. The highest BCUT2D eigenvalue weighted by Crippen LogP contribution is 2.27. The van der Waals surface area contributed by atoms with Crippen molar-refractivity contribution in [2.24, 2.45) is 11.7 Å². The maximum absolute atomic E-state index is 11.8. The first-order chi connectivity index (χ1) is 8.09. The smallest absolute Gasteiger partial charge is 0.220 e. The standard InChI is InChI=1S/C13H24N2O2.ClH/c1-13(6-3-7-17-13)9-15-12(16)8-10-4-2-5-11(10)14;/h10-11H,2-9,14H2,1H3,(H,15,16);1H/t10-,11+,13?;/m0./s1. The maximum Gasteiger partial charge on any atom is 0.220 e. The molecule has 1 aliphatic heterocycles. The molecule has 0 aromatic rings. The first-order valence-electron chi connectivity index (χ1n) is 6.75. The molecule has 0 aromatic carbocycles. The third-order valence-corrected chi connectivity index (χ3v) is 4.13. The lowest BCUT2D eigenvalue weighted by Crippen LogP contribution is -2.41. The Bertz CT molecular complexity index is 280. The van der Waals surface area contributed by atoms with Crippen LogP contribution < -0.4 is 11.1 Å². The zero-order valence-corrected chi connectivity index (χ0v) is 11.9. The Morgan fingerprint density at radius 2 is 2.22 bits per heavy atom. The molecule has 18 heavy (non-hydrogen) atoms. The predicted molar refractivity (Wildman–Crippen MR) is 73.8 cm³/mol. The Labute approximate surface area is 115 Å². The van der Waals surface area contributed by atoms with E-state index in [2.05, 4.69) is 12.2 Å². The van der Waals surface area contributed by atoms with Crippen LogP contribution in [0.2, 0.25) is 0 Å². The number of hydrogen-bond donors (Lipinski definition) is 2. The normalized spacial score (nSPS) is 35.2. The van der Waals surface area contributed by atoms with Crippen LogP contribution in [-0.4, -0.2) is 30.7 Å². The predicted octanol–water partition coefficient (Wildman–Crippen LogP) is 1.61. The highest BCUT2D eigenvalue weighted by molar-refractivity contribution is 5.85. The van der Waals surface area contributed by atoms with Crippen molar-refractivity contribution in [2.75, 3.05) is 13.2 Å². The van der Waals surface area contributed by atoms with Gasteiger partial charge in [-0.1, -0.05) is 6.42 Å².